The molecule has 1 unspecified atom stereocenters. The van der Waals surface area contributed by atoms with E-state index >= 15 is 0 Å². The highest BCUT2D eigenvalue weighted by molar-refractivity contribution is 6.31. The summed E-state index contributed by atoms with van der Waals surface area (Å²) < 4.78 is 52.5. The van der Waals surface area contributed by atoms with Gasteiger partial charge in [0.05, 0.1) is 23.4 Å². The van der Waals surface area contributed by atoms with E-state index in [1.807, 2.05) is 4.90 Å². The topological polar surface area (TPSA) is 59.6 Å². The Morgan fingerprint density at radius 3 is 2.57 bits per heavy atom. The number of halogens is 5. The first kappa shape index (κ1) is 27.6. The third-order valence-corrected chi connectivity index (χ3v) is 7.03. The van der Waals surface area contributed by atoms with Crippen molar-refractivity contribution in [3.8, 4) is 0 Å². The number of hydrogen-bond donors (Lipinski definition) is 3. The maximum absolute atomic E-state index is 14.8. The van der Waals surface area contributed by atoms with E-state index in [0.29, 0.717) is 55.2 Å². The summed E-state index contributed by atoms with van der Waals surface area (Å²) in [7, 11) is 0. The lowest BCUT2D eigenvalue weighted by molar-refractivity contribution is -0.138. The molecule has 1 amide bonds. The van der Waals surface area contributed by atoms with Crippen LogP contribution in [-0.4, -0.2) is 68.8 Å². The monoisotopic (exact) mass is 541 g/mol. The van der Waals surface area contributed by atoms with E-state index in [0.717, 1.165) is 31.5 Å². The van der Waals surface area contributed by atoms with Gasteiger partial charge in [-0.15, -0.1) is 0 Å². The average Bonchev–Trinajstić information content (AvgIpc) is 3.37. The van der Waals surface area contributed by atoms with Crippen LogP contribution in [-0.2, 0) is 6.54 Å². The number of anilines is 2. The summed E-state index contributed by atoms with van der Waals surface area (Å²) in [6, 6.07) is 10.00. The maximum atomic E-state index is 14.8. The van der Waals surface area contributed by atoms with Crippen LogP contribution in [0.3, 0.4) is 0 Å². The molecule has 11 heteroatoms. The van der Waals surface area contributed by atoms with E-state index in [4.69, 9.17) is 11.6 Å². The lowest BCUT2D eigenvalue weighted by atomic mass is 10.1. The van der Waals surface area contributed by atoms with Gasteiger partial charge >= 0.3 is 6.18 Å². The first-order chi connectivity index (χ1) is 17.7. The molecule has 2 heterocycles. The largest absolute Gasteiger partial charge is 0.390 e. The molecular weight excluding hydrogens is 510 g/mol. The van der Waals surface area contributed by atoms with Crippen LogP contribution in [0.5, 0.6) is 0 Å². The van der Waals surface area contributed by atoms with Crippen molar-refractivity contribution in [2.75, 3.05) is 56.0 Å². The van der Waals surface area contributed by atoms with E-state index in [1.165, 1.54) is 12.1 Å². The highest BCUT2D eigenvalue weighted by Gasteiger charge is 2.29. The van der Waals surface area contributed by atoms with Gasteiger partial charge in [0.2, 0.25) is 0 Å². The number of alkyl halides is 3. The van der Waals surface area contributed by atoms with Crippen molar-refractivity contribution in [3.05, 3.63) is 58.4 Å². The Morgan fingerprint density at radius 1 is 1.11 bits per heavy atom. The molecule has 6 nitrogen and oxygen atoms in total. The number of hydrogen-bond acceptors (Lipinski definition) is 5. The van der Waals surface area contributed by atoms with Crippen LogP contribution in [0.4, 0.5) is 28.9 Å². The summed E-state index contributed by atoms with van der Waals surface area (Å²) in [6.45, 7) is 4.17. The molecule has 2 fully saturated rings. The summed E-state index contributed by atoms with van der Waals surface area (Å²) in [5.41, 5.74) is 1.80. The van der Waals surface area contributed by atoms with Crippen molar-refractivity contribution in [3.63, 3.8) is 0 Å². The van der Waals surface area contributed by atoms with Gasteiger partial charge in [-0.2, -0.15) is 13.2 Å². The molecule has 2 aliphatic rings. The van der Waals surface area contributed by atoms with Gasteiger partial charge in [-0.25, -0.2) is 4.39 Å². The summed E-state index contributed by atoms with van der Waals surface area (Å²) in [4.78, 5) is 16.7. The lowest BCUT2D eigenvalue weighted by Gasteiger charge is -2.37. The number of nitrogens with one attached hydrogen (secondary N) is 3. The van der Waals surface area contributed by atoms with Gasteiger partial charge < -0.3 is 20.9 Å². The Hall–Kier alpha value is -2.40. The van der Waals surface area contributed by atoms with Crippen LogP contribution < -0.4 is 20.9 Å². The maximum Gasteiger partial charge on any atom is 0.390 e. The number of rotatable bonds is 9. The number of benzene rings is 2. The van der Waals surface area contributed by atoms with Crippen LogP contribution in [0.1, 0.15) is 35.2 Å². The van der Waals surface area contributed by atoms with Crippen LogP contribution >= 0.6 is 11.6 Å². The second-order valence-electron chi connectivity index (χ2n) is 9.55. The van der Waals surface area contributed by atoms with Crippen molar-refractivity contribution in [2.45, 2.75) is 38.0 Å². The van der Waals surface area contributed by atoms with Crippen LogP contribution in [0.2, 0.25) is 5.02 Å². The van der Waals surface area contributed by atoms with E-state index in [-0.39, 0.29) is 12.1 Å². The number of carbonyl (C=O) groups excluding carboxylic acids is 1. The predicted molar refractivity (Wildman–Crippen MR) is 138 cm³/mol. The fourth-order valence-corrected chi connectivity index (χ4v) is 4.90. The molecule has 2 aromatic carbocycles. The minimum atomic E-state index is -4.18. The molecule has 2 aliphatic heterocycles. The van der Waals surface area contributed by atoms with Gasteiger partial charge in [0.1, 0.15) is 5.82 Å². The summed E-state index contributed by atoms with van der Waals surface area (Å²) in [6.07, 6.45) is -2.73. The minimum absolute atomic E-state index is 0.0429. The van der Waals surface area contributed by atoms with E-state index in [2.05, 4.69) is 16.0 Å². The molecular formula is C26H32ClF4N5O. The molecule has 0 aromatic heterocycles. The van der Waals surface area contributed by atoms with Crippen LogP contribution in [0.25, 0.3) is 0 Å². The molecule has 0 radical (unpaired) electrons. The molecule has 202 valence electrons. The number of carbonyl (C=O) groups is 1. The second-order valence-corrected chi connectivity index (χ2v) is 9.98. The van der Waals surface area contributed by atoms with Crippen molar-refractivity contribution < 1.29 is 22.4 Å². The molecule has 4 rings (SSSR count). The number of amides is 1. The third-order valence-electron chi connectivity index (χ3n) is 6.79. The Bertz CT molecular complexity index is 1070. The smallest absolute Gasteiger partial charge is 0.367 e. The number of piperazine rings is 1. The molecule has 0 bridgehead atoms. The quantitative estimate of drug-likeness (QED) is 0.404. The van der Waals surface area contributed by atoms with Gasteiger partial charge in [0.25, 0.3) is 5.91 Å². The Kier molecular flexibility index (Phi) is 9.28. The molecule has 2 saturated heterocycles. The van der Waals surface area contributed by atoms with E-state index < -0.39 is 24.3 Å². The van der Waals surface area contributed by atoms with Crippen molar-refractivity contribution in [2.24, 2.45) is 0 Å². The van der Waals surface area contributed by atoms with Gasteiger partial charge in [-0.1, -0.05) is 17.7 Å². The van der Waals surface area contributed by atoms with Crippen molar-refractivity contribution in [1.82, 2.24) is 15.5 Å². The fraction of sp³-hybridized carbons (Fsp3) is 0.500. The van der Waals surface area contributed by atoms with Crippen LogP contribution in [0.15, 0.2) is 36.4 Å². The average molecular weight is 542 g/mol. The zero-order valence-corrected chi connectivity index (χ0v) is 21.3. The Balaban J connectivity index is 1.36. The first-order valence-electron chi connectivity index (χ1n) is 12.6. The highest BCUT2D eigenvalue weighted by Crippen LogP contribution is 2.31. The summed E-state index contributed by atoms with van der Waals surface area (Å²) >= 11 is 6.20. The first-order valence-corrected chi connectivity index (χ1v) is 12.9. The van der Waals surface area contributed by atoms with Gasteiger partial charge in [0.15, 0.2) is 0 Å². The van der Waals surface area contributed by atoms with Gasteiger partial charge in [-0.05, 0) is 55.3 Å². The highest BCUT2D eigenvalue weighted by atomic mass is 35.5. The van der Waals surface area contributed by atoms with E-state index in [9.17, 15) is 22.4 Å². The zero-order valence-electron chi connectivity index (χ0n) is 20.5. The Morgan fingerprint density at radius 2 is 1.89 bits per heavy atom. The molecule has 3 N–H and O–H groups in total. The molecule has 0 spiro atoms. The molecule has 1 atom stereocenters. The molecule has 2 aromatic rings. The summed E-state index contributed by atoms with van der Waals surface area (Å²) in [5.74, 6) is -1.19. The standard InChI is InChI=1S/C26H32ClF4N5O/c27-19-4-6-23(24(15-19)36-12-10-35(11-13-36)9-7-26(29,30)31)34-25(37)21-5-3-18(14-22(21)28)16-32-17-20-2-1-8-33-20/h3-6,14-15,20,32-33H,1-2,7-13,16-17H2,(H,34,37). The molecule has 0 aliphatic carbocycles. The number of nitrogens with zero attached hydrogens (tertiary/aromatic N) is 2. The SMILES string of the molecule is O=C(Nc1ccc(Cl)cc1N1CCN(CCC(F)(F)F)CC1)c1ccc(CNCC2CCCN2)cc1F. The fourth-order valence-electron chi connectivity index (χ4n) is 4.73. The van der Waals surface area contributed by atoms with Gasteiger partial charge in [-0.3, -0.25) is 9.69 Å². The lowest BCUT2D eigenvalue weighted by Crippen LogP contribution is -2.47. The normalized spacial score (nSPS) is 18.8. The second kappa shape index (κ2) is 12.4. The Labute approximate surface area is 219 Å². The third kappa shape index (κ3) is 8.04. The van der Waals surface area contributed by atoms with Crippen molar-refractivity contribution >= 4 is 28.9 Å². The minimum Gasteiger partial charge on any atom is -0.367 e. The molecule has 0 saturated carbocycles. The zero-order chi connectivity index (χ0) is 26.4. The molecule has 37 heavy (non-hydrogen) atoms. The van der Waals surface area contributed by atoms with Crippen molar-refractivity contribution in [1.29, 1.82) is 0 Å². The van der Waals surface area contributed by atoms with Crippen LogP contribution in [0, 0.1) is 5.82 Å². The van der Waals surface area contributed by atoms with E-state index in [1.54, 1.807) is 29.2 Å². The predicted octanol–water partition coefficient (Wildman–Crippen LogP) is 4.65. The summed E-state index contributed by atoms with van der Waals surface area (Å²) in [5, 5.41) is 9.97. The van der Waals surface area contributed by atoms with Gasteiger partial charge in [0, 0.05) is 56.9 Å².